The quantitative estimate of drug-likeness (QED) is 0.605. The van der Waals surface area contributed by atoms with E-state index < -0.39 is 0 Å². The highest BCUT2D eigenvalue weighted by atomic mass is 35.5. The number of halogens is 1. The van der Waals surface area contributed by atoms with E-state index in [1.165, 1.54) is 11.8 Å². The Morgan fingerprint density at radius 2 is 2.30 bits per heavy atom. The zero-order chi connectivity index (χ0) is 7.98. The van der Waals surface area contributed by atoms with Crippen LogP contribution in [-0.2, 0) is 4.79 Å². The molecule has 0 saturated carbocycles. The van der Waals surface area contributed by atoms with Crippen LogP contribution in [0.5, 0.6) is 0 Å². The number of nitrogens with zero attached hydrogens (tertiary/aromatic N) is 1. The number of rotatable bonds is 4. The molecule has 0 aliphatic carbocycles. The molecule has 0 bridgehead atoms. The van der Waals surface area contributed by atoms with E-state index in [0.717, 1.165) is 0 Å². The minimum Gasteiger partial charge on any atom is -0.344 e. The first-order valence-electron chi connectivity index (χ1n) is 3.01. The second-order valence-electron chi connectivity index (χ2n) is 1.94. The van der Waals surface area contributed by atoms with Crippen LogP contribution in [0.25, 0.3) is 0 Å². The van der Waals surface area contributed by atoms with Crippen molar-refractivity contribution in [3.63, 3.8) is 0 Å². The molecular weight excluding hydrogens is 170 g/mol. The molecule has 0 radical (unpaired) electrons. The van der Waals surface area contributed by atoms with Gasteiger partial charge in [0.2, 0.25) is 5.91 Å². The molecule has 0 aromatic carbocycles. The Kier molecular flexibility index (Phi) is 5.93. The predicted molar refractivity (Wildman–Crippen MR) is 46.7 cm³/mol. The van der Waals surface area contributed by atoms with E-state index in [9.17, 15) is 4.79 Å². The Balaban J connectivity index is 3.49. The first kappa shape index (κ1) is 10.1. The Bertz CT molecular complexity index is 110. The number of alkyl halides is 1. The lowest BCUT2D eigenvalue weighted by atomic mass is 10.5. The lowest BCUT2D eigenvalue weighted by Crippen LogP contribution is -2.29. The summed E-state index contributed by atoms with van der Waals surface area (Å²) in [5.41, 5.74) is 0. The third-order valence-corrected chi connectivity index (χ3v) is 1.82. The van der Waals surface area contributed by atoms with Crippen LogP contribution in [0.15, 0.2) is 0 Å². The van der Waals surface area contributed by atoms with E-state index in [-0.39, 0.29) is 5.91 Å². The summed E-state index contributed by atoms with van der Waals surface area (Å²) in [6, 6.07) is 0. The summed E-state index contributed by atoms with van der Waals surface area (Å²) in [5, 5.41) is 0. The molecule has 0 aromatic rings. The van der Waals surface area contributed by atoms with Crippen LogP contribution in [-0.4, -0.2) is 42.3 Å². The Morgan fingerprint density at radius 3 is 2.70 bits per heavy atom. The Hall–Kier alpha value is 0.110. The SMILES string of the molecule is CSCC(=O)N(C)CCCl. The molecule has 0 rings (SSSR count). The van der Waals surface area contributed by atoms with Crippen LogP contribution in [0.3, 0.4) is 0 Å². The van der Waals surface area contributed by atoms with Gasteiger partial charge >= 0.3 is 0 Å². The average molecular weight is 182 g/mol. The smallest absolute Gasteiger partial charge is 0.232 e. The number of amides is 1. The number of thioether (sulfide) groups is 1. The molecule has 0 atom stereocenters. The number of hydrogen-bond donors (Lipinski definition) is 0. The second-order valence-corrected chi connectivity index (χ2v) is 3.18. The van der Waals surface area contributed by atoms with Gasteiger partial charge in [-0.1, -0.05) is 0 Å². The van der Waals surface area contributed by atoms with Crippen molar-refractivity contribution in [2.24, 2.45) is 0 Å². The summed E-state index contributed by atoms with van der Waals surface area (Å²) >= 11 is 6.97. The highest BCUT2D eigenvalue weighted by Crippen LogP contribution is 1.95. The van der Waals surface area contributed by atoms with Gasteiger partial charge in [-0.05, 0) is 6.26 Å². The largest absolute Gasteiger partial charge is 0.344 e. The molecule has 0 N–H and O–H groups in total. The maximum Gasteiger partial charge on any atom is 0.232 e. The van der Waals surface area contributed by atoms with Crippen molar-refractivity contribution >= 4 is 29.3 Å². The predicted octanol–water partition coefficient (Wildman–Crippen LogP) is 1.05. The summed E-state index contributed by atoms with van der Waals surface area (Å²) in [5.74, 6) is 1.21. The lowest BCUT2D eigenvalue weighted by molar-refractivity contribution is -0.126. The number of carbonyl (C=O) groups excluding carboxylic acids is 1. The van der Waals surface area contributed by atoms with Gasteiger partial charge in [-0.25, -0.2) is 0 Å². The number of carbonyl (C=O) groups is 1. The molecular formula is C6H12ClNOS. The molecule has 0 aliphatic heterocycles. The molecule has 0 unspecified atom stereocenters. The number of hydrogen-bond acceptors (Lipinski definition) is 2. The maximum absolute atomic E-state index is 11.0. The first-order chi connectivity index (χ1) is 4.72. The van der Waals surface area contributed by atoms with E-state index >= 15 is 0 Å². The molecule has 10 heavy (non-hydrogen) atoms. The van der Waals surface area contributed by atoms with Crippen LogP contribution in [0.1, 0.15) is 0 Å². The molecule has 0 saturated heterocycles. The fourth-order valence-electron chi connectivity index (χ4n) is 0.485. The summed E-state index contributed by atoms with van der Waals surface area (Å²) in [6.45, 7) is 0.640. The molecule has 60 valence electrons. The second kappa shape index (κ2) is 5.86. The minimum atomic E-state index is 0.146. The van der Waals surface area contributed by atoms with E-state index in [1.807, 2.05) is 6.26 Å². The van der Waals surface area contributed by atoms with Crippen molar-refractivity contribution in [1.82, 2.24) is 4.90 Å². The molecule has 0 heterocycles. The third kappa shape index (κ3) is 4.01. The van der Waals surface area contributed by atoms with Gasteiger partial charge in [0.05, 0.1) is 5.75 Å². The van der Waals surface area contributed by atoms with Crippen LogP contribution < -0.4 is 0 Å². The normalized spacial score (nSPS) is 9.50. The highest BCUT2D eigenvalue weighted by Gasteiger charge is 2.04. The van der Waals surface area contributed by atoms with Crippen LogP contribution >= 0.6 is 23.4 Å². The van der Waals surface area contributed by atoms with Gasteiger partial charge in [0.1, 0.15) is 0 Å². The summed E-state index contributed by atoms with van der Waals surface area (Å²) in [7, 11) is 1.76. The monoisotopic (exact) mass is 181 g/mol. The van der Waals surface area contributed by atoms with E-state index in [2.05, 4.69) is 0 Å². The molecule has 1 amide bonds. The van der Waals surface area contributed by atoms with Gasteiger partial charge in [0.25, 0.3) is 0 Å². The minimum absolute atomic E-state index is 0.146. The van der Waals surface area contributed by atoms with Crippen molar-refractivity contribution < 1.29 is 4.79 Å². The standard InChI is InChI=1S/C6H12ClNOS/c1-8(4-3-7)6(9)5-10-2/h3-5H2,1-2H3. The van der Waals surface area contributed by atoms with Gasteiger partial charge in [-0.15, -0.1) is 11.6 Å². The highest BCUT2D eigenvalue weighted by molar-refractivity contribution is 7.99. The average Bonchev–Trinajstić information content (AvgIpc) is 1.89. The van der Waals surface area contributed by atoms with Gasteiger partial charge in [0, 0.05) is 19.5 Å². The Morgan fingerprint density at radius 1 is 1.70 bits per heavy atom. The summed E-state index contributed by atoms with van der Waals surface area (Å²) in [6.07, 6.45) is 1.91. The zero-order valence-corrected chi connectivity index (χ0v) is 7.84. The van der Waals surface area contributed by atoms with E-state index in [0.29, 0.717) is 18.2 Å². The van der Waals surface area contributed by atoms with Crippen molar-refractivity contribution in [3.05, 3.63) is 0 Å². The van der Waals surface area contributed by atoms with E-state index in [1.54, 1.807) is 11.9 Å². The van der Waals surface area contributed by atoms with Gasteiger partial charge in [-0.3, -0.25) is 4.79 Å². The van der Waals surface area contributed by atoms with Crippen LogP contribution in [0, 0.1) is 0 Å². The first-order valence-corrected chi connectivity index (χ1v) is 4.94. The fraction of sp³-hybridized carbons (Fsp3) is 0.833. The molecule has 0 spiro atoms. The van der Waals surface area contributed by atoms with E-state index in [4.69, 9.17) is 11.6 Å². The van der Waals surface area contributed by atoms with Crippen LogP contribution in [0.2, 0.25) is 0 Å². The molecule has 2 nitrogen and oxygen atoms in total. The molecule has 0 aromatic heterocycles. The maximum atomic E-state index is 11.0. The molecule has 4 heteroatoms. The zero-order valence-electron chi connectivity index (χ0n) is 6.26. The van der Waals surface area contributed by atoms with Gasteiger partial charge in [-0.2, -0.15) is 11.8 Å². The van der Waals surface area contributed by atoms with Gasteiger partial charge in [0.15, 0.2) is 0 Å². The summed E-state index contributed by atoms with van der Waals surface area (Å²) in [4.78, 5) is 12.6. The van der Waals surface area contributed by atoms with Gasteiger partial charge < -0.3 is 4.90 Å². The van der Waals surface area contributed by atoms with Crippen LogP contribution in [0.4, 0.5) is 0 Å². The third-order valence-electron chi connectivity index (χ3n) is 1.11. The van der Waals surface area contributed by atoms with Crippen molar-refractivity contribution in [2.75, 3.05) is 31.5 Å². The lowest BCUT2D eigenvalue weighted by Gasteiger charge is -2.13. The van der Waals surface area contributed by atoms with Crippen molar-refractivity contribution in [2.45, 2.75) is 0 Å². The fourth-order valence-corrected chi connectivity index (χ4v) is 1.21. The summed E-state index contributed by atoms with van der Waals surface area (Å²) < 4.78 is 0. The molecule has 0 fully saturated rings. The van der Waals surface area contributed by atoms with Crippen molar-refractivity contribution in [3.8, 4) is 0 Å². The Labute approximate surface area is 70.9 Å². The van der Waals surface area contributed by atoms with Crippen molar-refractivity contribution in [1.29, 1.82) is 0 Å². The molecule has 0 aliphatic rings. The topological polar surface area (TPSA) is 20.3 Å².